The van der Waals surface area contributed by atoms with E-state index in [1.54, 1.807) is 6.20 Å². The van der Waals surface area contributed by atoms with Crippen molar-refractivity contribution < 1.29 is 9.18 Å². The predicted molar refractivity (Wildman–Crippen MR) is 110 cm³/mol. The molecule has 6 nitrogen and oxygen atoms in total. The Morgan fingerprint density at radius 3 is 2.66 bits per heavy atom. The monoisotopic (exact) mass is 391 g/mol. The molecule has 0 spiro atoms. The van der Waals surface area contributed by atoms with Crippen molar-refractivity contribution in [2.24, 2.45) is 5.92 Å². The second-order valence-electron chi connectivity index (χ2n) is 7.40. The molecule has 2 heterocycles. The Bertz CT molecular complexity index is 1130. The highest BCUT2D eigenvalue weighted by Crippen LogP contribution is 2.23. The van der Waals surface area contributed by atoms with Crippen molar-refractivity contribution in [2.75, 3.05) is 5.32 Å². The van der Waals surface area contributed by atoms with Crippen molar-refractivity contribution in [3.8, 4) is 0 Å². The van der Waals surface area contributed by atoms with Gasteiger partial charge in [0.15, 0.2) is 0 Å². The fraction of sp³-hybridized carbons (Fsp3) is 0.227. The summed E-state index contributed by atoms with van der Waals surface area (Å²) in [5.74, 6) is 0.715. The number of rotatable bonds is 6. The minimum absolute atomic E-state index is 0.289. The summed E-state index contributed by atoms with van der Waals surface area (Å²) in [6.07, 6.45) is 3.66. The van der Waals surface area contributed by atoms with Crippen molar-refractivity contribution in [1.29, 1.82) is 0 Å². The van der Waals surface area contributed by atoms with Gasteiger partial charge in [-0.2, -0.15) is 5.10 Å². The minimum atomic E-state index is -0.372. The van der Waals surface area contributed by atoms with Crippen LogP contribution in [-0.2, 0) is 13.1 Å². The number of hydrogen-bond acceptors (Lipinski definition) is 3. The number of aromatic nitrogens is 4. The Hall–Kier alpha value is -3.48. The van der Waals surface area contributed by atoms with E-state index in [0.29, 0.717) is 23.7 Å². The van der Waals surface area contributed by atoms with E-state index in [-0.39, 0.29) is 11.7 Å². The number of hydrogen-bond donors (Lipinski definition) is 1. The fourth-order valence-corrected chi connectivity index (χ4v) is 3.29. The first-order chi connectivity index (χ1) is 14.0. The zero-order valence-electron chi connectivity index (χ0n) is 16.3. The lowest BCUT2D eigenvalue weighted by molar-refractivity contribution is 0.102. The van der Waals surface area contributed by atoms with Gasteiger partial charge in [0.1, 0.15) is 11.6 Å². The van der Waals surface area contributed by atoms with Crippen LogP contribution in [0, 0.1) is 11.7 Å². The summed E-state index contributed by atoms with van der Waals surface area (Å²) in [4.78, 5) is 17.2. The number of fused-ring (bicyclic) bond motifs is 1. The second kappa shape index (κ2) is 7.87. The average Bonchev–Trinajstić information content (AvgIpc) is 3.30. The van der Waals surface area contributed by atoms with Crippen molar-refractivity contribution in [3.05, 3.63) is 78.1 Å². The van der Waals surface area contributed by atoms with Crippen molar-refractivity contribution in [3.63, 3.8) is 0 Å². The van der Waals surface area contributed by atoms with Gasteiger partial charge in [-0.05, 0) is 54.4 Å². The van der Waals surface area contributed by atoms with Crippen LogP contribution in [0.1, 0.15) is 30.0 Å². The molecule has 2 aromatic carbocycles. The zero-order valence-corrected chi connectivity index (χ0v) is 16.3. The molecule has 0 saturated heterocycles. The van der Waals surface area contributed by atoms with E-state index in [2.05, 4.69) is 28.8 Å². The lowest BCUT2D eigenvalue weighted by atomic mass is 10.2. The maximum atomic E-state index is 13.1. The third-order valence-corrected chi connectivity index (χ3v) is 4.60. The first kappa shape index (κ1) is 18.9. The molecule has 0 fully saturated rings. The molecule has 4 rings (SSSR count). The van der Waals surface area contributed by atoms with E-state index in [1.807, 2.05) is 35.1 Å². The van der Waals surface area contributed by atoms with Gasteiger partial charge in [-0.25, -0.2) is 9.37 Å². The Balaban J connectivity index is 1.64. The molecule has 2 aromatic heterocycles. The van der Waals surface area contributed by atoms with Crippen molar-refractivity contribution in [1.82, 2.24) is 19.3 Å². The van der Waals surface area contributed by atoms with E-state index in [9.17, 15) is 9.18 Å². The van der Waals surface area contributed by atoms with Gasteiger partial charge in [0.05, 0.1) is 17.6 Å². The van der Waals surface area contributed by atoms with Crippen LogP contribution in [-0.4, -0.2) is 25.2 Å². The molecule has 1 amide bonds. The zero-order chi connectivity index (χ0) is 20.4. The average molecular weight is 391 g/mol. The number of nitrogens with one attached hydrogen (secondary N) is 1. The van der Waals surface area contributed by atoms with Gasteiger partial charge in [-0.3, -0.25) is 9.48 Å². The molecule has 0 unspecified atom stereocenters. The highest BCUT2D eigenvalue weighted by molar-refractivity contribution is 6.04. The van der Waals surface area contributed by atoms with Gasteiger partial charge in [-0.15, -0.1) is 0 Å². The van der Waals surface area contributed by atoms with Crippen LogP contribution in [0.5, 0.6) is 0 Å². The summed E-state index contributed by atoms with van der Waals surface area (Å²) < 4.78 is 17.1. The van der Waals surface area contributed by atoms with E-state index in [4.69, 9.17) is 4.98 Å². The maximum absolute atomic E-state index is 13.1. The fourth-order valence-electron chi connectivity index (χ4n) is 3.29. The van der Waals surface area contributed by atoms with Crippen LogP contribution in [0.3, 0.4) is 0 Å². The standard InChI is InChI=1S/C22H22FN5O/c1-15(2)13-28-20-9-8-18(25-22(29)16-4-6-17(23)7-5-16)12-19(20)26-21(28)14-27-11-3-10-24-27/h3-12,15H,13-14H2,1-2H3,(H,25,29). The molecule has 148 valence electrons. The van der Waals surface area contributed by atoms with Crippen LogP contribution >= 0.6 is 0 Å². The molecule has 1 N–H and O–H groups in total. The van der Waals surface area contributed by atoms with Crippen molar-refractivity contribution >= 4 is 22.6 Å². The van der Waals surface area contributed by atoms with E-state index in [0.717, 1.165) is 23.4 Å². The van der Waals surface area contributed by atoms with Gasteiger partial charge in [-0.1, -0.05) is 13.8 Å². The normalized spacial score (nSPS) is 11.3. The Morgan fingerprint density at radius 2 is 1.97 bits per heavy atom. The van der Waals surface area contributed by atoms with Crippen LogP contribution < -0.4 is 5.32 Å². The smallest absolute Gasteiger partial charge is 0.255 e. The third kappa shape index (κ3) is 4.18. The molecule has 0 radical (unpaired) electrons. The SMILES string of the molecule is CC(C)Cn1c(Cn2cccn2)nc2cc(NC(=O)c3ccc(F)cc3)ccc21. The van der Waals surface area contributed by atoms with E-state index >= 15 is 0 Å². The van der Waals surface area contributed by atoms with E-state index in [1.165, 1.54) is 24.3 Å². The number of benzene rings is 2. The summed E-state index contributed by atoms with van der Waals surface area (Å²) >= 11 is 0. The molecule has 0 bridgehead atoms. The summed E-state index contributed by atoms with van der Waals surface area (Å²) in [5, 5.41) is 7.13. The molecule has 0 aliphatic carbocycles. The number of carbonyl (C=O) groups excluding carboxylic acids is 1. The summed E-state index contributed by atoms with van der Waals surface area (Å²) in [6.45, 7) is 5.75. The van der Waals surface area contributed by atoms with Crippen LogP contribution in [0.25, 0.3) is 11.0 Å². The summed E-state index contributed by atoms with van der Waals surface area (Å²) in [7, 11) is 0. The van der Waals surface area contributed by atoms with Crippen LogP contribution in [0.15, 0.2) is 60.9 Å². The van der Waals surface area contributed by atoms with Gasteiger partial charge in [0.25, 0.3) is 5.91 Å². The highest BCUT2D eigenvalue weighted by atomic mass is 19.1. The number of nitrogens with zero attached hydrogens (tertiary/aromatic N) is 4. The maximum Gasteiger partial charge on any atom is 0.255 e. The second-order valence-corrected chi connectivity index (χ2v) is 7.40. The van der Waals surface area contributed by atoms with Crippen LogP contribution in [0.2, 0.25) is 0 Å². The minimum Gasteiger partial charge on any atom is -0.326 e. The molecular weight excluding hydrogens is 369 g/mol. The number of carbonyl (C=O) groups is 1. The molecular formula is C22H22FN5O. The van der Waals surface area contributed by atoms with Gasteiger partial charge in [0.2, 0.25) is 0 Å². The molecule has 0 aliphatic heterocycles. The Kier molecular flexibility index (Phi) is 5.12. The Labute approximate surface area is 168 Å². The number of halogens is 1. The number of anilines is 1. The highest BCUT2D eigenvalue weighted by Gasteiger charge is 2.14. The number of imidazole rings is 1. The van der Waals surface area contributed by atoms with Crippen molar-refractivity contribution in [2.45, 2.75) is 26.9 Å². The Morgan fingerprint density at radius 1 is 1.17 bits per heavy atom. The van der Waals surface area contributed by atoms with Gasteiger partial charge < -0.3 is 9.88 Å². The van der Waals surface area contributed by atoms with E-state index < -0.39 is 0 Å². The largest absolute Gasteiger partial charge is 0.326 e. The lowest BCUT2D eigenvalue weighted by Crippen LogP contribution is -2.12. The topological polar surface area (TPSA) is 64.7 Å². The molecule has 7 heteroatoms. The summed E-state index contributed by atoms with van der Waals surface area (Å²) in [6, 6.07) is 13.0. The molecule has 0 aliphatic rings. The molecule has 0 atom stereocenters. The molecule has 0 saturated carbocycles. The van der Waals surface area contributed by atoms with Crippen LogP contribution in [0.4, 0.5) is 10.1 Å². The first-order valence-electron chi connectivity index (χ1n) is 9.53. The quantitative estimate of drug-likeness (QED) is 0.532. The first-order valence-corrected chi connectivity index (χ1v) is 9.53. The summed E-state index contributed by atoms with van der Waals surface area (Å²) in [5.41, 5.74) is 2.87. The third-order valence-electron chi connectivity index (χ3n) is 4.60. The predicted octanol–water partition coefficient (Wildman–Crippen LogP) is 4.33. The molecule has 29 heavy (non-hydrogen) atoms. The molecule has 4 aromatic rings. The van der Waals surface area contributed by atoms with Gasteiger partial charge in [0, 0.05) is 30.2 Å². The van der Waals surface area contributed by atoms with Gasteiger partial charge >= 0.3 is 0 Å². The number of amides is 1. The lowest BCUT2D eigenvalue weighted by Gasteiger charge is -2.12.